The summed E-state index contributed by atoms with van der Waals surface area (Å²) in [6.07, 6.45) is 1.75. The number of hydrogen-bond acceptors (Lipinski definition) is 4. The van der Waals surface area contributed by atoms with E-state index in [4.69, 9.17) is 9.47 Å². The smallest absolute Gasteiger partial charge is 0.338 e. The third-order valence-electron chi connectivity index (χ3n) is 5.95. The van der Waals surface area contributed by atoms with E-state index < -0.39 is 0 Å². The Bertz CT molecular complexity index is 1500. The van der Waals surface area contributed by atoms with Crippen molar-refractivity contribution in [2.45, 2.75) is 13.5 Å². The maximum atomic E-state index is 13.8. The lowest BCUT2D eigenvalue weighted by Gasteiger charge is -2.09. The largest absolute Gasteiger partial charge is 0.489 e. The van der Waals surface area contributed by atoms with Crippen LogP contribution in [0.1, 0.15) is 38.9 Å². The van der Waals surface area contributed by atoms with Crippen LogP contribution in [-0.2, 0) is 11.3 Å². The second kappa shape index (κ2) is 10.3. The summed E-state index contributed by atoms with van der Waals surface area (Å²) in [6, 6.07) is 32.2. The first kappa shape index (κ1) is 23.1. The number of ketones is 1. The summed E-state index contributed by atoms with van der Waals surface area (Å²) in [5.41, 5.74) is 5.06. The molecule has 3 aromatic carbocycles. The van der Waals surface area contributed by atoms with Crippen LogP contribution in [0.5, 0.6) is 5.75 Å². The molecule has 5 aromatic rings. The van der Waals surface area contributed by atoms with Crippen molar-refractivity contribution in [3.05, 3.63) is 132 Å². The molecular formula is C31H25NO4. The van der Waals surface area contributed by atoms with E-state index in [0.717, 1.165) is 22.2 Å². The van der Waals surface area contributed by atoms with Crippen LogP contribution >= 0.6 is 0 Å². The molecule has 0 aliphatic rings. The Morgan fingerprint density at radius 2 is 1.47 bits per heavy atom. The lowest BCUT2D eigenvalue weighted by atomic mass is 10.0. The molecule has 36 heavy (non-hydrogen) atoms. The molecule has 0 spiro atoms. The van der Waals surface area contributed by atoms with Gasteiger partial charge in [0.1, 0.15) is 18.1 Å². The molecular weight excluding hydrogens is 450 g/mol. The molecule has 5 heteroatoms. The zero-order chi connectivity index (χ0) is 24.9. The number of esters is 1. The first-order valence-electron chi connectivity index (χ1n) is 11.8. The van der Waals surface area contributed by atoms with Crippen LogP contribution in [0.15, 0.2) is 109 Å². The number of ether oxygens (including phenoxy) is 2. The second-order valence-corrected chi connectivity index (χ2v) is 8.33. The van der Waals surface area contributed by atoms with Gasteiger partial charge in [-0.15, -0.1) is 0 Å². The molecule has 0 atom stereocenters. The third-order valence-corrected chi connectivity index (χ3v) is 5.95. The van der Waals surface area contributed by atoms with Gasteiger partial charge in [0.25, 0.3) is 0 Å². The molecule has 0 radical (unpaired) electrons. The fourth-order valence-corrected chi connectivity index (χ4v) is 4.17. The highest BCUT2D eigenvalue weighted by molar-refractivity contribution is 6.13. The zero-order valence-corrected chi connectivity index (χ0v) is 19.9. The fraction of sp³-hybridized carbons (Fsp3) is 0.0968. The van der Waals surface area contributed by atoms with Crippen molar-refractivity contribution in [2.75, 3.05) is 6.61 Å². The van der Waals surface area contributed by atoms with Crippen LogP contribution in [0.25, 0.3) is 16.6 Å². The highest BCUT2D eigenvalue weighted by Crippen LogP contribution is 2.30. The van der Waals surface area contributed by atoms with Gasteiger partial charge in [0.05, 0.1) is 12.2 Å². The molecule has 0 unspecified atom stereocenters. The third kappa shape index (κ3) is 4.77. The van der Waals surface area contributed by atoms with Crippen molar-refractivity contribution in [1.29, 1.82) is 0 Å². The van der Waals surface area contributed by atoms with E-state index in [0.29, 0.717) is 35.8 Å². The van der Waals surface area contributed by atoms with Crippen LogP contribution in [0.4, 0.5) is 0 Å². The average Bonchev–Trinajstić information content (AvgIpc) is 3.32. The van der Waals surface area contributed by atoms with Crippen molar-refractivity contribution in [3.8, 4) is 16.9 Å². The summed E-state index contributed by atoms with van der Waals surface area (Å²) in [5.74, 6) is 0.187. The topological polar surface area (TPSA) is 57.0 Å². The summed E-state index contributed by atoms with van der Waals surface area (Å²) in [5, 5.41) is 0. The average molecular weight is 476 g/mol. The van der Waals surface area contributed by atoms with E-state index in [9.17, 15) is 9.59 Å². The van der Waals surface area contributed by atoms with Gasteiger partial charge >= 0.3 is 5.97 Å². The number of hydrogen-bond donors (Lipinski definition) is 0. The second-order valence-electron chi connectivity index (χ2n) is 8.33. The first-order valence-corrected chi connectivity index (χ1v) is 11.8. The lowest BCUT2D eigenvalue weighted by Crippen LogP contribution is -2.08. The molecule has 0 amide bonds. The number of benzene rings is 3. The maximum absolute atomic E-state index is 13.8. The molecule has 0 bridgehead atoms. The van der Waals surface area contributed by atoms with Gasteiger partial charge in [0.2, 0.25) is 5.78 Å². The molecule has 0 aliphatic carbocycles. The van der Waals surface area contributed by atoms with Gasteiger partial charge in [-0.25, -0.2) is 4.79 Å². The monoisotopic (exact) mass is 475 g/mol. The Hall–Kier alpha value is -4.64. The zero-order valence-electron chi connectivity index (χ0n) is 19.9. The van der Waals surface area contributed by atoms with Crippen LogP contribution in [0.3, 0.4) is 0 Å². The Balaban J connectivity index is 1.49. The molecule has 0 N–H and O–H groups in total. The van der Waals surface area contributed by atoms with Crippen LogP contribution in [-0.4, -0.2) is 22.8 Å². The number of rotatable bonds is 8. The SMILES string of the molecule is CCOC(=O)c1ccn2c(C(=O)c3ccc(OCc4ccccc4)cc3)c(-c3ccccc3)cc2c1. The van der Waals surface area contributed by atoms with Crippen molar-refractivity contribution < 1.29 is 19.1 Å². The molecule has 5 nitrogen and oxygen atoms in total. The maximum Gasteiger partial charge on any atom is 0.338 e. The number of fused-ring (bicyclic) bond motifs is 1. The van der Waals surface area contributed by atoms with Crippen molar-refractivity contribution in [1.82, 2.24) is 4.40 Å². The highest BCUT2D eigenvalue weighted by Gasteiger charge is 2.21. The summed E-state index contributed by atoms with van der Waals surface area (Å²) in [6.45, 7) is 2.53. The Kier molecular flexibility index (Phi) is 6.63. The number of carbonyl (C=O) groups is 2. The van der Waals surface area contributed by atoms with Crippen LogP contribution in [0.2, 0.25) is 0 Å². The highest BCUT2D eigenvalue weighted by atomic mass is 16.5. The van der Waals surface area contributed by atoms with Gasteiger partial charge in [-0.3, -0.25) is 4.79 Å². The Morgan fingerprint density at radius 3 is 2.17 bits per heavy atom. The number of nitrogens with zero attached hydrogens (tertiary/aromatic N) is 1. The first-order chi connectivity index (χ1) is 17.6. The predicted molar refractivity (Wildman–Crippen MR) is 139 cm³/mol. The normalized spacial score (nSPS) is 10.8. The van der Waals surface area contributed by atoms with Gasteiger partial charge in [0.15, 0.2) is 0 Å². The minimum atomic E-state index is -0.388. The van der Waals surface area contributed by atoms with E-state index in [1.54, 1.807) is 37.4 Å². The minimum Gasteiger partial charge on any atom is -0.489 e. The van der Waals surface area contributed by atoms with E-state index >= 15 is 0 Å². The number of aromatic nitrogens is 1. The molecule has 0 fully saturated rings. The van der Waals surface area contributed by atoms with E-state index in [2.05, 4.69) is 0 Å². The molecule has 178 valence electrons. The van der Waals surface area contributed by atoms with Gasteiger partial charge in [-0.2, -0.15) is 0 Å². The summed E-state index contributed by atoms with van der Waals surface area (Å²) in [7, 11) is 0. The Morgan fingerprint density at radius 1 is 0.778 bits per heavy atom. The standard InChI is InChI=1S/C31H25NO4/c1-2-35-31(34)25-17-18-32-26(19-25)20-28(23-11-7-4-8-12-23)29(32)30(33)24-13-15-27(16-14-24)36-21-22-9-5-3-6-10-22/h3-20H,2,21H2,1H3. The van der Waals surface area contributed by atoms with Crippen molar-refractivity contribution in [3.63, 3.8) is 0 Å². The van der Waals surface area contributed by atoms with Gasteiger partial charge in [-0.05, 0) is 60.5 Å². The summed E-state index contributed by atoms with van der Waals surface area (Å²) < 4.78 is 12.9. The van der Waals surface area contributed by atoms with Crippen LogP contribution in [0, 0.1) is 0 Å². The lowest BCUT2D eigenvalue weighted by molar-refractivity contribution is 0.0526. The quantitative estimate of drug-likeness (QED) is 0.188. The van der Waals surface area contributed by atoms with Crippen LogP contribution < -0.4 is 4.74 Å². The summed E-state index contributed by atoms with van der Waals surface area (Å²) in [4.78, 5) is 26.0. The van der Waals surface area contributed by atoms with E-state index in [-0.39, 0.29) is 11.8 Å². The molecule has 2 heterocycles. The number of pyridine rings is 1. The van der Waals surface area contributed by atoms with Gasteiger partial charge in [0, 0.05) is 22.8 Å². The van der Waals surface area contributed by atoms with Gasteiger partial charge in [-0.1, -0.05) is 60.7 Å². The number of carbonyl (C=O) groups excluding carboxylic acids is 2. The molecule has 0 saturated heterocycles. The fourth-order valence-electron chi connectivity index (χ4n) is 4.17. The molecule has 2 aromatic heterocycles. The molecule has 0 saturated carbocycles. The molecule has 0 aliphatic heterocycles. The Labute approximate surface area is 209 Å². The predicted octanol–water partition coefficient (Wildman–Crippen LogP) is 6.59. The van der Waals surface area contributed by atoms with E-state index in [1.807, 2.05) is 83.3 Å². The van der Waals surface area contributed by atoms with E-state index in [1.165, 1.54) is 0 Å². The van der Waals surface area contributed by atoms with Crippen molar-refractivity contribution >= 4 is 17.3 Å². The minimum absolute atomic E-state index is 0.118. The molecule has 5 rings (SSSR count). The summed E-state index contributed by atoms with van der Waals surface area (Å²) >= 11 is 0. The van der Waals surface area contributed by atoms with Crippen molar-refractivity contribution in [2.24, 2.45) is 0 Å². The van der Waals surface area contributed by atoms with Gasteiger partial charge < -0.3 is 13.9 Å².